The van der Waals surface area contributed by atoms with Gasteiger partial charge in [-0.1, -0.05) is 51.4 Å². The van der Waals surface area contributed by atoms with Gasteiger partial charge in [-0.3, -0.25) is 10.1 Å². The fourth-order valence-electron chi connectivity index (χ4n) is 2.40. The lowest BCUT2D eigenvalue weighted by atomic mass is 9.95. The minimum absolute atomic E-state index is 0.342. The number of hydrogen-bond acceptors (Lipinski definition) is 2. The minimum atomic E-state index is -0.342. The minimum Gasteiger partial charge on any atom is -0.259 e. The Balaban J connectivity index is 2.35. The van der Waals surface area contributed by atoms with Crippen LogP contribution in [0.4, 0.5) is 0 Å². The number of rotatable bonds is 2. The fourth-order valence-corrected chi connectivity index (χ4v) is 2.40. The van der Waals surface area contributed by atoms with E-state index >= 15 is 0 Å². The Morgan fingerprint density at radius 2 is 1.31 bits per heavy atom. The monoisotopic (exact) mass is 225 g/mol. The average molecular weight is 225 g/mol. The van der Waals surface area contributed by atoms with E-state index in [1.165, 1.54) is 51.4 Å². The summed E-state index contributed by atoms with van der Waals surface area (Å²) in [6.07, 6.45) is 15.7. The molecule has 1 rings (SSSR count). The first-order chi connectivity index (χ1) is 7.79. The third-order valence-electron chi connectivity index (χ3n) is 3.38. The molecule has 0 radical (unpaired) electrons. The van der Waals surface area contributed by atoms with Crippen molar-refractivity contribution >= 4 is 0 Å². The summed E-state index contributed by atoms with van der Waals surface area (Å²) in [6.45, 7) is 0. The van der Waals surface area contributed by atoms with Crippen LogP contribution in [0.25, 0.3) is 0 Å². The Kier molecular flexibility index (Phi) is 6.86. The van der Waals surface area contributed by atoms with E-state index in [1.54, 1.807) is 6.08 Å². The summed E-state index contributed by atoms with van der Waals surface area (Å²) in [5, 5.41) is 10.3. The van der Waals surface area contributed by atoms with Crippen LogP contribution >= 0.6 is 0 Å². The van der Waals surface area contributed by atoms with Crippen molar-refractivity contribution in [3.63, 3.8) is 0 Å². The second-order valence-electron chi connectivity index (χ2n) is 4.79. The van der Waals surface area contributed by atoms with Crippen molar-refractivity contribution in [2.45, 2.75) is 64.2 Å². The van der Waals surface area contributed by atoms with Gasteiger partial charge in [0.05, 0.1) is 4.92 Å². The molecule has 0 saturated heterocycles. The van der Waals surface area contributed by atoms with Gasteiger partial charge in [0.25, 0.3) is 0 Å². The molecule has 0 heterocycles. The van der Waals surface area contributed by atoms with Gasteiger partial charge >= 0.3 is 0 Å². The number of nitrogens with zero attached hydrogens (tertiary/aromatic N) is 1. The van der Waals surface area contributed by atoms with Crippen LogP contribution in [0, 0.1) is 16.0 Å². The quantitative estimate of drug-likeness (QED) is 0.519. The first kappa shape index (κ1) is 13.2. The van der Waals surface area contributed by atoms with E-state index in [0.29, 0.717) is 5.92 Å². The van der Waals surface area contributed by atoms with Crippen LogP contribution in [-0.4, -0.2) is 4.92 Å². The van der Waals surface area contributed by atoms with E-state index in [1.807, 2.05) is 0 Å². The molecule has 0 N–H and O–H groups in total. The van der Waals surface area contributed by atoms with Crippen molar-refractivity contribution in [3.05, 3.63) is 22.4 Å². The van der Waals surface area contributed by atoms with Crippen LogP contribution in [0.3, 0.4) is 0 Å². The van der Waals surface area contributed by atoms with E-state index in [0.717, 1.165) is 19.0 Å². The van der Waals surface area contributed by atoms with E-state index in [-0.39, 0.29) is 4.92 Å². The third kappa shape index (κ3) is 6.59. The maximum atomic E-state index is 10.3. The summed E-state index contributed by atoms with van der Waals surface area (Å²) >= 11 is 0. The van der Waals surface area contributed by atoms with Gasteiger partial charge in [0, 0.05) is 0 Å². The van der Waals surface area contributed by atoms with Crippen LogP contribution in [0.5, 0.6) is 0 Å². The maximum absolute atomic E-state index is 10.3. The Bertz CT molecular complexity index is 214. The van der Waals surface area contributed by atoms with E-state index in [4.69, 9.17) is 0 Å². The molecular weight excluding hydrogens is 202 g/mol. The molecule has 1 aliphatic carbocycles. The van der Waals surface area contributed by atoms with Gasteiger partial charge in [-0.15, -0.1) is 0 Å². The molecule has 16 heavy (non-hydrogen) atoms. The summed E-state index contributed by atoms with van der Waals surface area (Å²) < 4.78 is 0. The lowest BCUT2D eigenvalue weighted by molar-refractivity contribution is -0.402. The molecule has 3 nitrogen and oxygen atoms in total. The lowest BCUT2D eigenvalue weighted by Crippen LogP contribution is -1.98. The van der Waals surface area contributed by atoms with Crippen molar-refractivity contribution in [1.82, 2.24) is 0 Å². The predicted molar refractivity (Wildman–Crippen MR) is 65.8 cm³/mol. The number of hydrogen-bond donors (Lipinski definition) is 0. The Morgan fingerprint density at radius 3 is 1.75 bits per heavy atom. The standard InChI is InChI=1S/C13H23NO2/c15-14(16)12-11-13-9-7-5-3-1-2-4-6-8-10-13/h11-13H,1-10H2/b12-11+. The van der Waals surface area contributed by atoms with Crippen molar-refractivity contribution in [2.24, 2.45) is 5.92 Å². The van der Waals surface area contributed by atoms with Crippen LogP contribution in [0.1, 0.15) is 64.2 Å². The van der Waals surface area contributed by atoms with Crippen LogP contribution in [0.15, 0.2) is 12.3 Å². The van der Waals surface area contributed by atoms with Crippen LogP contribution in [0.2, 0.25) is 0 Å². The Hall–Kier alpha value is -0.860. The van der Waals surface area contributed by atoms with Gasteiger partial charge < -0.3 is 0 Å². The Morgan fingerprint density at radius 1 is 0.875 bits per heavy atom. The molecular formula is C13H23NO2. The molecule has 3 heteroatoms. The largest absolute Gasteiger partial charge is 0.259 e. The smallest absolute Gasteiger partial charge is 0.230 e. The highest BCUT2D eigenvalue weighted by Crippen LogP contribution is 2.22. The molecule has 1 aliphatic rings. The van der Waals surface area contributed by atoms with Gasteiger partial charge in [-0.2, -0.15) is 0 Å². The zero-order chi connectivity index (χ0) is 11.6. The highest BCUT2D eigenvalue weighted by Gasteiger charge is 2.07. The summed E-state index contributed by atoms with van der Waals surface area (Å²) in [7, 11) is 0. The van der Waals surface area contributed by atoms with E-state index in [9.17, 15) is 10.1 Å². The fraction of sp³-hybridized carbons (Fsp3) is 0.846. The lowest BCUT2D eigenvalue weighted by Gasteiger charge is -2.10. The molecule has 0 aromatic heterocycles. The average Bonchev–Trinajstić information content (AvgIpc) is 2.31. The van der Waals surface area contributed by atoms with E-state index < -0.39 is 0 Å². The van der Waals surface area contributed by atoms with Gasteiger partial charge in [0.2, 0.25) is 6.20 Å². The zero-order valence-electron chi connectivity index (χ0n) is 10.1. The van der Waals surface area contributed by atoms with Gasteiger partial charge in [0.15, 0.2) is 0 Å². The molecule has 0 spiro atoms. The molecule has 0 amide bonds. The molecule has 0 bridgehead atoms. The summed E-state index contributed by atoms with van der Waals surface area (Å²) in [6, 6.07) is 0. The molecule has 92 valence electrons. The molecule has 0 aliphatic heterocycles. The highest BCUT2D eigenvalue weighted by molar-refractivity contribution is 4.82. The molecule has 0 aromatic rings. The normalized spacial score (nSPS) is 21.8. The topological polar surface area (TPSA) is 43.1 Å². The highest BCUT2D eigenvalue weighted by atomic mass is 16.6. The summed E-state index contributed by atoms with van der Waals surface area (Å²) in [5.41, 5.74) is 0. The van der Waals surface area contributed by atoms with Crippen molar-refractivity contribution in [2.75, 3.05) is 0 Å². The number of nitro groups is 1. The molecule has 1 saturated carbocycles. The number of allylic oxidation sites excluding steroid dienone is 1. The van der Waals surface area contributed by atoms with Crippen LogP contribution in [-0.2, 0) is 0 Å². The first-order valence-corrected chi connectivity index (χ1v) is 6.61. The van der Waals surface area contributed by atoms with E-state index in [2.05, 4.69) is 0 Å². The van der Waals surface area contributed by atoms with Crippen molar-refractivity contribution < 1.29 is 4.92 Å². The Labute approximate surface area is 98.1 Å². The molecule has 0 unspecified atom stereocenters. The van der Waals surface area contributed by atoms with Crippen molar-refractivity contribution in [3.8, 4) is 0 Å². The first-order valence-electron chi connectivity index (χ1n) is 6.61. The van der Waals surface area contributed by atoms with Gasteiger partial charge in [-0.25, -0.2) is 0 Å². The van der Waals surface area contributed by atoms with Gasteiger partial charge in [-0.05, 0) is 24.8 Å². The van der Waals surface area contributed by atoms with Crippen LogP contribution < -0.4 is 0 Å². The second kappa shape index (κ2) is 8.31. The maximum Gasteiger partial charge on any atom is 0.230 e. The second-order valence-corrected chi connectivity index (χ2v) is 4.79. The summed E-state index contributed by atoms with van der Waals surface area (Å²) in [5.74, 6) is 0.434. The molecule has 0 aromatic carbocycles. The zero-order valence-corrected chi connectivity index (χ0v) is 10.1. The molecule has 0 atom stereocenters. The third-order valence-corrected chi connectivity index (χ3v) is 3.38. The van der Waals surface area contributed by atoms with Crippen molar-refractivity contribution in [1.29, 1.82) is 0 Å². The SMILES string of the molecule is O=[N+]([O-])/C=C/C1CCCCCCCCCC1. The molecule has 1 fully saturated rings. The van der Waals surface area contributed by atoms with Gasteiger partial charge in [0.1, 0.15) is 0 Å². The summed E-state index contributed by atoms with van der Waals surface area (Å²) in [4.78, 5) is 9.95. The predicted octanol–water partition coefficient (Wildman–Crippen LogP) is 4.31.